The molecule has 2 rings (SSSR count). The maximum atomic E-state index is 12.2. The first-order chi connectivity index (χ1) is 11.4. The van der Waals surface area contributed by atoms with Gasteiger partial charge in [-0.15, -0.1) is 0 Å². The molecule has 126 valence electrons. The van der Waals surface area contributed by atoms with Gasteiger partial charge in [0.25, 0.3) is 5.91 Å². The monoisotopic (exact) mass is 384 g/mol. The first kappa shape index (κ1) is 18.6. The first-order valence-corrected chi connectivity index (χ1v) is 8.23. The van der Waals surface area contributed by atoms with Gasteiger partial charge in [-0.3, -0.25) is 9.59 Å². The van der Waals surface area contributed by atoms with E-state index in [4.69, 9.17) is 34.8 Å². The third kappa shape index (κ3) is 4.63. The fraction of sp³-hybridized carbons (Fsp3) is 0.176. The predicted molar refractivity (Wildman–Crippen MR) is 96.7 cm³/mol. The predicted octanol–water partition coefficient (Wildman–Crippen LogP) is 4.04. The Bertz CT molecular complexity index is 765. The fourth-order valence-electron chi connectivity index (χ4n) is 2.05. The van der Waals surface area contributed by atoms with Crippen molar-refractivity contribution in [3.05, 3.63) is 68.7 Å². The van der Waals surface area contributed by atoms with Crippen molar-refractivity contribution < 1.29 is 9.59 Å². The number of benzene rings is 2. The molecule has 0 aliphatic heterocycles. The molecule has 0 aliphatic rings. The summed E-state index contributed by atoms with van der Waals surface area (Å²) >= 11 is 18.0. The molecule has 0 saturated heterocycles. The van der Waals surface area contributed by atoms with Gasteiger partial charge in [0, 0.05) is 13.6 Å². The normalized spacial score (nSPS) is 10.3. The number of nitrogens with zero attached hydrogens (tertiary/aromatic N) is 1. The van der Waals surface area contributed by atoms with E-state index in [1.165, 1.54) is 4.90 Å². The first-order valence-electron chi connectivity index (χ1n) is 7.09. The lowest BCUT2D eigenvalue weighted by Gasteiger charge is -2.18. The van der Waals surface area contributed by atoms with Gasteiger partial charge in [-0.25, -0.2) is 0 Å². The van der Waals surface area contributed by atoms with Crippen molar-refractivity contribution in [1.82, 2.24) is 10.2 Å². The summed E-state index contributed by atoms with van der Waals surface area (Å²) in [6.07, 6.45) is 0. The van der Waals surface area contributed by atoms with E-state index in [1.54, 1.807) is 49.5 Å². The maximum Gasteiger partial charge on any atom is 0.253 e. The number of likely N-dealkylation sites (N-methyl/N-ethyl adjacent to an activating group) is 1. The minimum atomic E-state index is -0.400. The third-order valence-electron chi connectivity index (χ3n) is 3.38. The van der Waals surface area contributed by atoms with Gasteiger partial charge in [0.2, 0.25) is 5.91 Å². The quantitative estimate of drug-likeness (QED) is 0.844. The molecule has 0 saturated carbocycles. The van der Waals surface area contributed by atoms with Gasteiger partial charge in [-0.1, -0.05) is 59.1 Å². The number of halogens is 3. The van der Waals surface area contributed by atoms with Crippen LogP contribution in [0.15, 0.2) is 42.5 Å². The average molecular weight is 386 g/mol. The summed E-state index contributed by atoms with van der Waals surface area (Å²) in [5.74, 6) is -0.658. The molecule has 24 heavy (non-hydrogen) atoms. The number of hydrogen-bond donors (Lipinski definition) is 1. The summed E-state index contributed by atoms with van der Waals surface area (Å²) in [5.41, 5.74) is 1.06. The maximum absolute atomic E-state index is 12.2. The minimum absolute atomic E-state index is 0.140. The van der Waals surface area contributed by atoms with Crippen LogP contribution in [0.4, 0.5) is 0 Å². The smallest absolute Gasteiger partial charge is 0.253 e. The van der Waals surface area contributed by atoms with E-state index < -0.39 is 5.91 Å². The molecule has 7 heteroatoms. The fourth-order valence-corrected chi connectivity index (χ4v) is 2.65. The molecule has 0 bridgehead atoms. The van der Waals surface area contributed by atoms with Crippen molar-refractivity contribution in [3.63, 3.8) is 0 Å². The van der Waals surface area contributed by atoms with Gasteiger partial charge in [-0.05, 0) is 23.8 Å². The summed E-state index contributed by atoms with van der Waals surface area (Å²) < 4.78 is 0. The zero-order valence-electron chi connectivity index (χ0n) is 12.9. The summed E-state index contributed by atoms with van der Waals surface area (Å²) in [4.78, 5) is 25.7. The number of hydrogen-bond acceptors (Lipinski definition) is 2. The number of carbonyl (C=O) groups excluding carboxylic acids is 2. The molecule has 0 atom stereocenters. The highest BCUT2D eigenvalue weighted by Crippen LogP contribution is 2.26. The van der Waals surface area contributed by atoms with Gasteiger partial charge in [0.15, 0.2) is 0 Å². The van der Waals surface area contributed by atoms with Crippen molar-refractivity contribution in [2.24, 2.45) is 0 Å². The van der Waals surface area contributed by atoms with Crippen LogP contribution in [0.25, 0.3) is 0 Å². The topological polar surface area (TPSA) is 49.4 Å². The van der Waals surface area contributed by atoms with Gasteiger partial charge in [0.05, 0.1) is 27.2 Å². The van der Waals surface area contributed by atoms with Crippen LogP contribution < -0.4 is 5.32 Å². The molecule has 0 radical (unpaired) electrons. The molecule has 2 aromatic carbocycles. The molecule has 2 amide bonds. The molecule has 0 unspecified atom stereocenters. The Balaban J connectivity index is 1.93. The van der Waals surface area contributed by atoms with E-state index in [9.17, 15) is 9.59 Å². The Morgan fingerprint density at radius 2 is 1.67 bits per heavy atom. The van der Waals surface area contributed by atoms with E-state index in [1.807, 2.05) is 0 Å². The van der Waals surface area contributed by atoms with E-state index >= 15 is 0 Å². The second-order valence-electron chi connectivity index (χ2n) is 5.13. The molecular weight excluding hydrogens is 371 g/mol. The molecule has 0 aliphatic carbocycles. The van der Waals surface area contributed by atoms with Crippen LogP contribution >= 0.6 is 34.8 Å². The van der Waals surface area contributed by atoms with Gasteiger partial charge in [-0.2, -0.15) is 0 Å². The zero-order chi connectivity index (χ0) is 17.7. The Hall–Kier alpha value is -1.75. The zero-order valence-corrected chi connectivity index (χ0v) is 15.1. The molecular formula is C17H15Cl3N2O2. The molecule has 0 heterocycles. The van der Waals surface area contributed by atoms with Crippen molar-refractivity contribution in [2.75, 3.05) is 13.6 Å². The van der Waals surface area contributed by atoms with Crippen LogP contribution in [0.2, 0.25) is 15.1 Å². The average Bonchev–Trinajstić information content (AvgIpc) is 2.56. The second-order valence-corrected chi connectivity index (χ2v) is 6.32. The Labute approximate surface area is 155 Å². The molecule has 1 N–H and O–H groups in total. The number of rotatable bonds is 5. The van der Waals surface area contributed by atoms with Crippen molar-refractivity contribution in [3.8, 4) is 0 Å². The minimum Gasteiger partial charge on any atom is -0.343 e. The van der Waals surface area contributed by atoms with E-state index in [0.717, 1.165) is 5.56 Å². The lowest BCUT2D eigenvalue weighted by Crippen LogP contribution is -2.37. The van der Waals surface area contributed by atoms with Crippen LogP contribution in [-0.2, 0) is 11.3 Å². The number of amides is 2. The number of nitrogens with one attached hydrogen (secondary N) is 1. The van der Waals surface area contributed by atoms with Gasteiger partial charge >= 0.3 is 0 Å². The molecule has 4 nitrogen and oxygen atoms in total. The Morgan fingerprint density at radius 3 is 2.38 bits per heavy atom. The van der Waals surface area contributed by atoms with Crippen LogP contribution in [0.3, 0.4) is 0 Å². The SMILES string of the molecule is CN(Cc1cccc(Cl)c1Cl)C(=O)CNC(=O)c1ccccc1Cl. The summed E-state index contributed by atoms with van der Waals surface area (Å²) in [5, 5.41) is 3.74. The largest absolute Gasteiger partial charge is 0.343 e. The van der Waals surface area contributed by atoms with Gasteiger partial charge in [0.1, 0.15) is 0 Å². The van der Waals surface area contributed by atoms with Crippen LogP contribution in [0.5, 0.6) is 0 Å². The van der Waals surface area contributed by atoms with Crippen molar-refractivity contribution in [1.29, 1.82) is 0 Å². The number of carbonyl (C=O) groups is 2. The summed E-state index contributed by atoms with van der Waals surface area (Å²) in [6.45, 7) is 0.152. The Morgan fingerprint density at radius 1 is 1.00 bits per heavy atom. The Kier molecular flexibility index (Phi) is 6.49. The lowest BCUT2D eigenvalue weighted by atomic mass is 10.2. The highest BCUT2D eigenvalue weighted by Gasteiger charge is 2.15. The van der Waals surface area contributed by atoms with Crippen molar-refractivity contribution in [2.45, 2.75) is 6.54 Å². The molecule has 0 fully saturated rings. The van der Waals surface area contributed by atoms with Gasteiger partial charge < -0.3 is 10.2 Å². The highest BCUT2D eigenvalue weighted by atomic mass is 35.5. The van der Waals surface area contributed by atoms with Crippen LogP contribution in [-0.4, -0.2) is 30.3 Å². The summed E-state index contributed by atoms with van der Waals surface area (Å²) in [6, 6.07) is 11.9. The lowest BCUT2D eigenvalue weighted by molar-refractivity contribution is -0.129. The van der Waals surface area contributed by atoms with Crippen LogP contribution in [0, 0.1) is 0 Å². The molecule has 0 aromatic heterocycles. The van der Waals surface area contributed by atoms with Crippen molar-refractivity contribution >= 4 is 46.6 Å². The van der Waals surface area contributed by atoms with Crippen LogP contribution in [0.1, 0.15) is 15.9 Å². The standard InChI is InChI=1S/C17H15Cl3N2O2/c1-22(10-11-5-4-8-14(19)16(11)20)15(23)9-21-17(24)12-6-2-3-7-13(12)18/h2-8H,9-10H2,1H3,(H,21,24). The van der Waals surface area contributed by atoms with E-state index in [2.05, 4.69) is 5.32 Å². The summed E-state index contributed by atoms with van der Waals surface area (Å²) in [7, 11) is 1.63. The molecule has 0 spiro atoms. The van der Waals surface area contributed by atoms with E-state index in [0.29, 0.717) is 27.2 Å². The van der Waals surface area contributed by atoms with E-state index in [-0.39, 0.29) is 12.5 Å². The highest BCUT2D eigenvalue weighted by molar-refractivity contribution is 6.42. The second kappa shape index (κ2) is 8.38. The third-order valence-corrected chi connectivity index (χ3v) is 4.57. The molecule has 2 aromatic rings.